The third kappa shape index (κ3) is 5.12. The molecule has 0 aliphatic heterocycles. The zero-order chi connectivity index (χ0) is 17.6. The summed E-state index contributed by atoms with van der Waals surface area (Å²) in [6.07, 6.45) is 5.40. The number of nitrogens with one attached hydrogen (secondary N) is 2. The maximum absolute atomic E-state index is 11.8. The quantitative estimate of drug-likeness (QED) is 0.712. The van der Waals surface area contributed by atoms with E-state index in [0.29, 0.717) is 6.54 Å². The number of nitrogens with zero attached hydrogens (tertiary/aromatic N) is 2. The van der Waals surface area contributed by atoms with E-state index >= 15 is 0 Å². The van der Waals surface area contributed by atoms with E-state index in [0.717, 1.165) is 17.7 Å². The molecule has 0 atom stereocenters. The lowest BCUT2D eigenvalue weighted by Crippen LogP contribution is -2.45. The van der Waals surface area contributed by atoms with Crippen molar-refractivity contribution in [1.82, 2.24) is 20.2 Å². The molecule has 24 heavy (non-hydrogen) atoms. The van der Waals surface area contributed by atoms with Crippen LogP contribution in [0.3, 0.4) is 0 Å². The average Bonchev–Trinajstić information content (AvgIpc) is 3.04. The molecular weight excluding hydrogens is 306 g/mol. The predicted octanol–water partition coefficient (Wildman–Crippen LogP) is 1.24. The number of benzene rings is 1. The van der Waals surface area contributed by atoms with Crippen LogP contribution in [0.5, 0.6) is 0 Å². The van der Waals surface area contributed by atoms with Crippen molar-refractivity contribution in [1.29, 1.82) is 0 Å². The van der Waals surface area contributed by atoms with Gasteiger partial charge in [-0.3, -0.25) is 4.79 Å². The van der Waals surface area contributed by atoms with Crippen LogP contribution in [0.15, 0.2) is 43.0 Å². The fourth-order valence-electron chi connectivity index (χ4n) is 2.06. The Morgan fingerprint density at radius 3 is 2.67 bits per heavy atom. The molecule has 1 aromatic heterocycles. The Balaban J connectivity index is 1.83. The third-order valence-electron chi connectivity index (χ3n) is 3.73. The largest absolute Gasteiger partial charge is 0.369 e. The van der Waals surface area contributed by atoms with Crippen molar-refractivity contribution in [2.24, 2.45) is 11.1 Å². The minimum absolute atomic E-state index is 0.189. The summed E-state index contributed by atoms with van der Waals surface area (Å²) in [5, 5.41) is 5.44. The molecule has 1 heterocycles. The van der Waals surface area contributed by atoms with E-state index in [-0.39, 0.29) is 12.6 Å². The minimum Gasteiger partial charge on any atom is -0.369 e. The second kappa shape index (κ2) is 7.63. The van der Waals surface area contributed by atoms with Crippen molar-refractivity contribution in [3.05, 3.63) is 54.1 Å². The lowest BCUT2D eigenvalue weighted by molar-refractivity contribution is -0.125. The first-order valence-corrected chi connectivity index (χ1v) is 7.72. The van der Waals surface area contributed by atoms with Crippen molar-refractivity contribution in [2.75, 3.05) is 6.54 Å². The molecule has 7 nitrogen and oxygen atoms in total. The SMILES string of the molecule is CC(C)(CNC(=O)NCc1cccc(Cn2ccnc2)c1)C(N)=O. The van der Waals surface area contributed by atoms with Gasteiger partial charge in [0, 0.05) is 32.0 Å². The van der Waals surface area contributed by atoms with Gasteiger partial charge in [-0.25, -0.2) is 9.78 Å². The van der Waals surface area contributed by atoms with Gasteiger partial charge in [0.1, 0.15) is 0 Å². The Bertz CT molecular complexity index is 695. The number of primary amides is 1. The van der Waals surface area contributed by atoms with Gasteiger partial charge in [-0.15, -0.1) is 0 Å². The summed E-state index contributed by atoms with van der Waals surface area (Å²) in [5.41, 5.74) is 6.63. The highest BCUT2D eigenvalue weighted by atomic mass is 16.2. The van der Waals surface area contributed by atoms with Gasteiger partial charge < -0.3 is 20.9 Å². The zero-order valence-corrected chi connectivity index (χ0v) is 14.0. The van der Waals surface area contributed by atoms with Gasteiger partial charge in [-0.1, -0.05) is 24.3 Å². The molecule has 0 aliphatic carbocycles. The van der Waals surface area contributed by atoms with Gasteiger partial charge in [-0.2, -0.15) is 0 Å². The second-order valence-electron chi connectivity index (χ2n) is 6.34. The maximum atomic E-state index is 11.8. The first kappa shape index (κ1) is 17.5. The van der Waals surface area contributed by atoms with Gasteiger partial charge in [0.05, 0.1) is 11.7 Å². The minimum atomic E-state index is -0.776. The highest BCUT2D eigenvalue weighted by molar-refractivity contribution is 5.81. The number of urea groups is 1. The van der Waals surface area contributed by atoms with Crippen LogP contribution in [0.1, 0.15) is 25.0 Å². The Hall–Kier alpha value is -2.83. The zero-order valence-electron chi connectivity index (χ0n) is 14.0. The smallest absolute Gasteiger partial charge is 0.315 e. The van der Waals surface area contributed by atoms with Crippen LogP contribution in [0, 0.1) is 5.41 Å². The van der Waals surface area contributed by atoms with Crippen molar-refractivity contribution in [3.63, 3.8) is 0 Å². The lowest BCUT2D eigenvalue weighted by Gasteiger charge is -2.20. The number of nitrogens with two attached hydrogens (primary N) is 1. The van der Waals surface area contributed by atoms with E-state index in [1.54, 1.807) is 26.4 Å². The van der Waals surface area contributed by atoms with Crippen LogP contribution >= 0.6 is 0 Å². The van der Waals surface area contributed by atoms with Crippen molar-refractivity contribution >= 4 is 11.9 Å². The maximum Gasteiger partial charge on any atom is 0.315 e. The Kier molecular flexibility index (Phi) is 5.57. The number of carbonyl (C=O) groups excluding carboxylic acids is 2. The van der Waals surface area contributed by atoms with Crippen molar-refractivity contribution in [3.8, 4) is 0 Å². The molecule has 0 aliphatic rings. The molecule has 2 aromatic rings. The Morgan fingerprint density at radius 1 is 1.25 bits per heavy atom. The first-order chi connectivity index (χ1) is 11.4. The van der Waals surface area contributed by atoms with Crippen LogP contribution in [-0.4, -0.2) is 28.0 Å². The standard InChI is InChI=1S/C17H23N5O2/c1-17(2,15(18)23)11-21-16(24)20-9-13-4-3-5-14(8-13)10-22-7-6-19-12-22/h3-8,12H,9-11H2,1-2H3,(H2,18,23)(H2,20,21,24). The van der Waals surface area contributed by atoms with Crippen molar-refractivity contribution < 1.29 is 9.59 Å². The van der Waals surface area contributed by atoms with Crippen LogP contribution in [0.4, 0.5) is 4.79 Å². The van der Waals surface area contributed by atoms with Gasteiger partial charge >= 0.3 is 6.03 Å². The Morgan fingerprint density at radius 2 is 2.00 bits per heavy atom. The topological polar surface area (TPSA) is 102 Å². The number of carbonyl (C=O) groups is 2. The monoisotopic (exact) mass is 329 g/mol. The molecule has 0 fully saturated rings. The fourth-order valence-corrected chi connectivity index (χ4v) is 2.06. The summed E-state index contributed by atoms with van der Waals surface area (Å²) >= 11 is 0. The average molecular weight is 329 g/mol. The second-order valence-corrected chi connectivity index (χ2v) is 6.34. The van der Waals surface area contributed by atoms with E-state index < -0.39 is 11.3 Å². The molecule has 128 valence electrons. The predicted molar refractivity (Wildman–Crippen MR) is 91.0 cm³/mol. The molecule has 0 radical (unpaired) electrons. The summed E-state index contributed by atoms with van der Waals surface area (Å²) in [4.78, 5) is 27.1. The van der Waals surface area contributed by atoms with Crippen LogP contribution in [0.25, 0.3) is 0 Å². The fraction of sp³-hybridized carbons (Fsp3) is 0.353. The number of aromatic nitrogens is 2. The molecule has 4 N–H and O–H groups in total. The third-order valence-corrected chi connectivity index (χ3v) is 3.73. The summed E-state index contributed by atoms with van der Waals surface area (Å²) < 4.78 is 1.98. The van der Waals surface area contributed by atoms with Gasteiger partial charge in [0.15, 0.2) is 0 Å². The molecule has 0 spiro atoms. The molecular formula is C17H23N5O2. The van der Waals surface area contributed by atoms with E-state index in [4.69, 9.17) is 5.73 Å². The number of amides is 3. The highest BCUT2D eigenvalue weighted by Gasteiger charge is 2.25. The number of rotatable bonds is 7. The van der Waals surface area contributed by atoms with Crippen LogP contribution in [-0.2, 0) is 17.9 Å². The van der Waals surface area contributed by atoms with E-state index in [2.05, 4.69) is 15.6 Å². The van der Waals surface area contributed by atoms with Crippen molar-refractivity contribution in [2.45, 2.75) is 26.9 Å². The summed E-state index contributed by atoms with van der Waals surface area (Å²) in [5.74, 6) is -0.449. The summed E-state index contributed by atoms with van der Waals surface area (Å²) in [6, 6.07) is 7.64. The molecule has 2 rings (SSSR count). The van der Waals surface area contributed by atoms with Gasteiger partial charge in [0.2, 0.25) is 5.91 Å². The van der Waals surface area contributed by atoms with E-state index in [1.807, 2.05) is 35.0 Å². The summed E-state index contributed by atoms with van der Waals surface area (Å²) in [7, 11) is 0. The molecule has 0 saturated carbocycles. The van der Waals surface area contributed by atoms with Crippen LogP contribution < -0.4 is 16.4 Å². The number of hydrogen-bond donors (Lipinski definition) is 3. The number of hydrogen-bond acceptors (Lipinski definition) is 3. The van der Waals surface area contributed by atoms with Gasteiger partial charge in [0.25, 0.3) is 0 Å². The molecule has 0 unspecified atom stereocenters. The number of imidazole rings is 1. The highest BCUT2D eigenvalue weighted by Crippen LogP contribution is 2.11. The normalized spacial score (nSPS) is 11.1. The molecule has 0 bridgehead atoms. The first-order valence-electron chi connectivity index (χ1n) is 7.72. The summed E-state index contributed by atoms with van der Waals surface area (Å²) in [6.45, 7) is 4.70. The van der Waals surface area contributed by atoms with Crippen LogP contribution in [0.2, 0.25) is 0 Å². The molecule has 1 aromatic carbocycles. The molecule has 3 amide bonds. The lowest BCUT2D eigenvalue weighted by atomic mass is 9.93. The molecule has 0 saturated heterocycles. The van der Waals surface area contributed by atoms with E-state index in [9.17, 15) is 9.59 Å². The van der Waals surface area contributed by atoms with E-state index in [1.165, 1.54) is 0 Å². The molecule has 7 heteroatoms. The van der Waals surface area contributed by atoms with Gasteiger partial charge in [-0.05, 0) is 25.0 Å². The Labute approximate surface area is 141 Å².